The van der Waals surface area contributed by atoms with Gasteiger partial charge >= 0.3 is 0 Å². The van der Waals surface area contributed by atoms with E-state index in [-0.39, 0.29) is 5.82 Å². The van der Waals surface area contributed by atoms with Gasteiger partial charge in [-0.3, -0.25) is 0 Å². The molecule has 3 heteroatoms. The fourth-order valence-corrected chi connectivity index (χ4v) is 2.78. The van der Waals surface area contributed by atoms with Crippen LogP contribution in [0.1, 0.15) is 25.0 Å². The van der Waals surface area contributed by atoms with Gasteiger partial charge in [-0.15, -0.1) is 0 Å². The summed E-state index contributed by atoms with van der Waals surface area (Å²) in [7, 11) is 0. The zero-order valence-electron chi connectivity index (χ0n) is 12.4. The van der Waals surface area contributed by atoms with Gasteiger partial charge in [-0.25, -0.2) is 4.39 Å². The van der Waals surface area contributed by atoms with Gasteiger partial charge in [0.2, 0.25) is 0 Å². The van der Waals surface area contributed by atoms with E-state index >= 15 is 0 Å². The molecule has 112 valence electrons. The van der Waals surface area contributed by atoms with Crippen molar-refractivity contribution in [3.05, 3.63) is 70.5 Å². The molecule has 0 aromatic heterocycles. The number of halogens is 2. The maximum absolute atomic E-state index is 12.9. The Kier molecular flexibility index (Phi) is 5.77. The van der Waals surface area contributed by atoms with Crippen molar-refractivity contribution in [2.24, 2.45) is 0 Å². The number of hydrogen-bond acceptors (Lipinski definition) is 1. The Labute approximate surface area is 131 Å². The SMILES string of the molecule is CC(Cc1ccc(F)cc1)NC(C)Cc1ccccc1Cl. The molecule has 0 bridgehead atoms. The molecule has 0 heterocycles. The smallest absolute Gasteiger partial charge is 0.123 e. The first-order valence-electron chi connectivity index (χ1n) is 7.28. The van der Waals surface area contributed by atoms with Crippen LogP contribution in [0.15, 0.2) is 48.5 Å². The Morgan fingerprint density at radius 2 is 1.57 bits per heavy atom. The second-order valence-electron chi connectivity index (χ2n) is 5.59. The van der Waals surface area contributed by atoms with E-state index in [1.807, 2.05) is 30.3 Å². The molecule has 2 unspecified atom stereocenters. The molecule has 2 atom stereocenters. The second-order valence-corrected chi connectivity index (χ2v) is 6.00. The lowest BCUT2D eigenvalue weighted by atomic mass is 10.0. The van der Waals surface area contributed by atoms with Crippen molar-refractivity contribution in [2.75, 3.05) is 0 Å². The minimum absolute atomic E-state index is 0.188. The highest BCUT2D eigenvalue weighted by Gasteiger charge is 2.10. The van der Waals surface area contributed by atoms with Gasteiger partial charge in [0.05, 0.1) is 0 Å². The minimum Gasteiger partial charge on any atom is -0.311 e. The van der Waals surface area contributed by atoms with E-state index in [2.05, 4.69) is 25.2 Å². The molecule has 1 N–H and O–H groups in total. The van der Waals surface area contributed by atoms with Crippen LogP contribution >= 0.6 is 11.6 Å². The topological polar surface area (TPSA) is 12.0 Å². The maximum atomic E-state index is 12.9. The number of benzene rings is 2. The molecule has 21 heavy (non-hydrogen) atoms. The van der Waals surface area contributed by atoms with Crippen molar-refractivity contribution >= 4 is 11.6 Å². The summed E-state index contributed by atoms with van der Waals surface area (Å²) in [6.45, 7) is 4.30. The first-order valence-corrected chi connectivity index (χ1v) is 7.66. The fourth-order valence-electron chi connectivity index (χ4n) is 2.57. The molecule has 0 radical (unpaired) electrons. The molecule has 0 saturated heterocycles. The van der Waals surface area contributed by atoms with Gasteiger partial charge in [-0.2, -0.15) is 0 Å². The number of hydrogen-bond donors (Lipinski definition) is 1. The zero-order valence-corrected chi connectivity index (χ0v) is 13.2. The van der Waals surface area contributed by atoms with Gasteiger partial charge < -0.3 is 5.32 Å². The Hall–Kier alpha value is -1.38. The molecule has 2 aromatic rings. The molecule has 0 saturated carbocycles. The zero-order chi connectivity index (χ0) is 15.2. The van der Waals surface area contributed by atoms with Crippen LogP contribution in [0, 0.1) is 5.82 Å². The van der Waals surface area contributed by atoms with Gasteiger partial charge in [0.1, 0.15) is 5.82 Å². The average molecular weight is 306 g/mol. The highest BCUT2D eigenvalue weighted by molar-refractivity contribution is 6.31. The summed E-state index contributed by atoms with van der Waals surface area (Å²) >= 11 is 6.19. The first-order chi connectivity index (χ1) is 10.0. The molecule has 0 aliphatic heterocycles. The molecule has 0 fully saturated rings. The summed E-state index contributed by atoms with van der Waals surface area (Å²) in [4.78, 5) is 0. The molecule has 0 aliphatic carbocycles. The minimum atomic E-state index is -0.188. The van der Waals surface area contributed by atoms with Crippen LogP contribution in [0.5, 0.6) is 0 Å². The monoisotopic (exact) mass is 305 g/mol. The summed E-state index contributed by atoms with van der Waals surface area (Å²) < 4.78 is 12.9. The summed E-state index contributed by atoms with van der Waals surface area (Å²) in [5.74, 6) is -0.188. The Morgan fingerprint density at radius 1 is 0.952 bits per heavy atom. The fraction of sp³-hybridized carbons (Fsp3) is 0.333. The highest BCUT2D eigenvalue weighted by atomic mass is 35.5. The summed E-state index contributed by atoms with van der Waals surface area (Å²) in [5.41, 5.74) is 2.30. The maximum Gasteiger partial charge on any atom is 0.123 e. The van der Waals surface area contributed by atoms with Crippen LogP contribution in [-0.2, 0) is 12.8 Å². The third-order valence-corrected chi connectivity index (χ3v) is 3.88. The summed E-state index contributed by atoms with van der Waals surface area (Å²) in [5, 5.41) is 4.38. The van der Waals surface area contributed by atoms with Crippen molar-refractivity contribution in [3.63, 3.8) is 0 Å². The molecule has 2 aromatic carbocycles. The lowest BCUT2D eigenvalue weighted by Gasteiger charge is -2.20. The van der Waals surface area contributed by atoms with E-state index in [1.54, 1.807) is 0 Å². The molecular formula is C18H21ClFN. The Balaban J connectivity index is 1.86. The lowest BCUT2D eigenvalue weighted by Crippen LogP contribution is -2.37. The molecule has 0 amide bonds. The Bertz CT molecular complexity index is 568. The van der Waals surface area contributed by atoms with E-state index in [4.69, 9.17) is 11.6 Å². The normalized spacial score (nSPS) is 13.9. The number of nitrogens with one attached hydrogen (secondary N) is 1. The van der Waals surface area contributed by atoms with Gasteiger partial charge in [-0.1, -0.05) is 41.9 Å². The van der Waals surface area contributed by atoms with Gasteiger partial charge in [0.15, 0.2) is 0 Å². The van der Waals surface area contributed by atoms with Crippen molar-refractivity contribution < 1.29 is 4.39 Å². The predicted molar refractivity (Wildman–Crippen MR) is 87.3 cm³/mol. The van der Waals surface area contributed by atoms with E-state index in [9.17, 15) is 4.39 Å². The number of rotatable bonds is 6. The molecule has 0 aliphatic rings. The van der Waals surface area contributed by atoms with Crippen molar-refractivity contribution in [1.29, 1.82) is 0 Å². The van der Waals surface area contributed by atoms with E-state index in [1.165, 1.54) is 12.1 Å². The van der Waals surface area contributed by atoms with Gasteiger partial charge in [0, 0.05) is 17.1 Å². The van der Waals surface area contributed by atoms with Crippen molar-refractivity contribution in [1.82, 2.24) is 5.32 Å². The highest BCUT2D eigenvalue weighted by Crippen LogP contribution is 2.17. The van der Waals surface area contributed by atoms with Gasteiger partial charge in [-0.05, 0) is 56.0 Å². The second kappa shape index (κ2) is 7.58. The van der Waals surface area contributed by atoms with Crippen LogP contribution in [0.2, 0.25) is 5.02 Å². The predicted octanol–water partition coefficient (Wildman–Crippen LogP) is 4.63. The van der Waals surface area contributed by atoms with Crippen molar-refractivity contribution in [3.8, 4) is 0 Å². The summed E-state index contributed by atoms with van der Waals surface area (Å²) in [6, 6.07) is 15.3. The molecular weight excluding hydrogens is 285 g/mol. The van der Waals surface area contributed by atoms with Gasteiger partial charge in [0.25, 0.3) is 0 Å². The third kappa shape index (κ3) is 5.14. The largest absolute Gasteiger partial charge is 0.311 e. The quantitative estimate of drug-likeness (QED) is 0.820. The first kappa shape index (κ1) is 16.0. The molecule has 0 spiro atoms. The molecule has 1 nitrogen and oxygen atoms in total. The summed E-state index contributed by atoms with van der Waals surface area (Å²) in [6.07, 6.45) is 1.78. The lowest BCUT2D eigenvalue weighted by molar-refractivity contribution is 0.462. The standard InChI is InChI=1S/C18H21ClFN/c1-13(11-15-7-9-17(20)10-8-15)21-14(2)12-16-5-3-4-6-18(16)19/h3-10,13-14,21H,11-12H2,1-2H3. The average Bonchev–Trinajstić information content (AvgIpc) is 2.44. The van der Waals surface area contributed by atoms with E-state index in [0.29, 0.717) is 12.1 Å². The van der Waals surface area contributed by atoms with Crippen LogP contribution in [0.25, 0.3) is 0 Å². The van der Waals surface area contributed by atoms with Crippen LogP contribution in [0.3, 0.4) is 0 Å². The van der Waals surface area contributed by atoms with Crippen molar-refractivity contribution in [2.45, 2.75) is 38.8 Å². The van der Waals surface area contributed by atoms with Crippen LogP contribution in [0.4, 0.5) is 4.39 Å². The van der Waals surface area contributed by atoms with E-state index < -0.39 is 0 Å². The van der Waals surface area contributed by atoms with Crippen LogP contribution in [-0.4, -0.2) is 12.1 Å². The van der Waals surface area contributed by atoms with E-state index in [0.717, 1.165) is 29.0 Å². The third-order valence-electron chi connectivity index (χ3n) is 3.51. The molecule has 2 rings (SSSR count). The van der Waals surface area contributed by atoms with Crippen LogP contribution < -0.4 is 5.32 Å². The Morgan fingerprint density at radius 3 is 2.24 bits per heavy atom.